The molecule has 0 radical (unpaired) electrons. The zero-order valence-electron chi connectivity index (χ0n) is 12.1. The number of hydrogen-bond donors (Lipinski definition) is 2. The molecule has 2 rings (SSSR count). The minimum atomic E-state index is 0.0309. The molecule has 3 heteroatoms. The third-order valence-corrected chi connectivity index (χ3v) is 4.21. The highest BCUT2D eigenvalue weighted by molar-refractivity contribution is 5.92. The largest absolute Gasteiger partial charge is 0.325 e. The van der Waals surface area contributed by atoms with Gasteiger partial charge in [0, 0.05) is 12.2 Å². The monoisotopic (exact) mass is 260 g/mol. The van der Waals surface area contributed by atoms with E-state index in [1.807, 2.05) is 31.2 Å². The van der Waals surface area contributed by atoms with Crippen LogP contribution in [0, 0.1) is 18.3 Å². The highest BCUT2D eigenvalue weighted by atomic mass is 16.1. The van der Waals surface area contributed by atoms with Crippen LogP contribution < -0.4 is 10.6 Å². The third kappa shape index (κ3) is 3.80. The second-order valence-electron chi connectivity index (χ2n) is 6.03. The third-order valence-electron chi connectivity index (χ3n) is 4.21. The molecular weight excluding hydrogens is 236 g/mol. The van der Waals surface area contributed by atoms with E-state index in [4.69, 9.17) is 0 Å². The molecule has 0 heterocycles. The first-order valence-corrected chi connectivity index (χ1v) is 7.09. The number of aryl methyl sites for hydroxylation is 1. The van der Waals surface area contributed by atoms with Gasteiger partial charge in [0.15, 0.2) is 0 Å². The van der Waals surface area contributed by atoms with E-state index >= 15 is 0 Å². The lowest BCUT2D eigenvalue weighted by atomic mass is 9.92. The van der Waals surface area contributed by atoms with Crippen LogP contribution in [0.1, 0.15) is 32.3 Å². The van der Waals surface area contributed by atoms with Crippen molar-refractivity contribution >= 4 is 11.6 Å². The number of carbonyl (C=O) groups is 1. The van der Waals surface area contributed by atoms with Crippen molar-refractivity contribution in [2.45, 2.75) is 33.6 Å². The summed E-state index contributed by atoms with van der Waals surface area (Å²) >= 11 is 0. The number of anilines is 1. The molecule has 0 unspecified atom stereocenters. The molecule has 3 nitrogen and oxygen atoms in total. The van der Waals surface area contributed by atoms with Crippen molar-refractivity contribution in [1.82, 2.24) is 5.32 Å². The van der Waals surface area contributed by atoms with Crippen molar-refractivity contribution in [2.24, 2.45) is 11.3 Å². The molecule has 0 saturated heterocycles. The lowest BCUT2D eigenvalue weighted by molar-refractivity contribution is -0.115. The Hall–Kier alpha value is -1.35. The normalized spacial score (nSPS) is 16.4. The fraction of sp³-hybridized carbons (Fsp3) is 0.562. The predicted octanol–water partition coefficient (Wildman–Crippen LogP) is 2.96. The Labute approximate surface area is 115 Å². The van der Waals surface area contributed by atoms with Gasteiger partial charge < -0.3 is 10.6 Å². The maximum Gasteiger partial charge on any atom is 0.238 e. The SMILES string of the molecule is Cc1ccc(NC(=O)CNCC2(C(C)C)CC2)cc1. The van der Waals surface area contributed by atoms with E-state index in [1.165, 1.54) is 18.4 Å². The Morgan fingerprint density at radius 3 is 2.42 bits per heavy atom. The van der Waals surface area contributed by atoms with Gasteiger partial charge in [0.25, 0.3) is 0 Å². The number of hydrogen-bond acceptors (Lipinski definition) is 2. The first kappa shape index (κ1) is 14.1. The van der Waals surface area contributed by atoms with E-state index in [9.17, 15) is 4.79 Å². The summed E-state index contributed by atoms with van der Waals surface area (Å²) in [6.07, 6.45) is 2.58. The van der Waals surface area contributed by atoms with Gasteiger partial charge in [0.2, 0.25) is 5.91 Å². The van der Waals surface area contributed by atoms with Crippen LogP contribution in [0.4, 0.5) is 5.69 Å². The summed E-state index contributed by atoms with van der Waals surface area (Å²) in [6, 6.07) is 7.87. The quantitative estimate of drug-likeness (QED) is 0.825. The Morgan fingerprint density at radius 1 is 1.26 bits per heavy atom. The first-order chi connectivity index (χ1) is 9.02. The van der Waals surface area contributed by atoms with E-state index in [1.54, 1.807) is 0 Å². The zero-order valence-corrected chi connectivity index (χ0v) is 12.1. The molecule has 1 amide bonds. The van der Waals surface area contributed by atoms with Crippen LogP contribution >= 0.6 is 0 Å². The average molecular weight is 260 g/mol. The molecule has 0 bridgehead atoms. The summed E-state index contributed by atoms with van der Waals surface area (Å²) in [5.74, 6) is 0.726. The molecule has 19 heavy (non-hydrogen) atoms. The molecule has 1 aromatic carbocycles. The van der Waals surface area contributed by atoms with Crippen LogP contribution in [0.3, 0.4) is 0 Å². The highest BCUT2D eigenvalue weighted by Gasteiger charge is 2.44. The molecule has 1 saturated carbocycles. The second-order valence-corrected chi connectivity index (χ2v) is 6.03. The summed E-state index contributed by atoms with van der Waals surface area (Å²) in [5.41, 5.74) is 2.51. The number of nitrogens with one attached hydrogen (secondary N) is 2. The van der Waals surface area contributed by atoms with Crippen LogP contribution in [0.25, 0.3) is 0 Å². The van der Waals surface area contributed by atoms with Gasteiger partial charge in [-0.25, -0.2) is 0 Å². The summed E-state index contributed by atoms with van der Waals surface area (Å²) in [4.78, 5) is 11.8. The van der Waals surface area contributed by atoms with E-state index in [-0.39, 0.29) is 5.91 Å². The topological polar surface area (TPSA) is 41.1 Å². The molecule has 1 aliphatic carbocycles. The maximum atomic E-state index is 11.8. The van der Waals surface area contributed by atoms with Gasteiger partial charge in [-0.05, 0) is 43.2 Å². The van der Waals surface area contributed by atoms with Gasteiger partial charge >= 0.3 is 0 Å². The Bertz CT molecular complexity index is 433. The highest BCUT2D eigenvalue weighted by Crippen LogP contribution is 2.51. The molecule has 1 aromatic rings. The van der Waals surface area contributed by atoms with Gasteiger partial charge in [-0.15, -0.1) is 0 Å². The molecule has 104 valence electrons. The number of amides is 1. The van der Waals surface area contributed by atoms with Crippen LogP contribution in [0.15, 0.2) is 24.3 Å². The minimum Gasteiger partial charge on any atom is -0.325 e. The van der Waals surface area contributed by atoms with Crippen molar-refractivity contribution in [1.29, 1.82) is 0 Å². The smallest absolute Gasteiger partial charge is 0.238 e. The van der Waals surface area contributed by atoms with Crippen molar-refractivity contribution in [2.75, 3.05) is 18.4 Å². The Kier molecular flexibility index (Phi) is 4.25. The van der Waals surface area contributed by atoms with Gasteiger partial charge in [-0.3, -0.25) is 4.79 Å². The van der Waals surface area contributed by atoms with Crippen LogP contribution in [-0.4, -0.2) is 19.0 Å². The number of carbonyl (C=O) groups excluding carboxylic acids is 1. The van der Waals surface area contributed by atoms with Crippen molar-refractivity contribution in [3.63, 3.8) is 0 Å². The van der Waals surface area contributed by atoms with Gasteiger partial charge in [-0.1, -0.05) is 31.5 Å². The average Bonchev–Trinajstić information content (AvgIpc) is 3.13. The molecule has 1 fully saturated rings. The van der Waals surface area contributed by atoms with E-state index in [0.717, 1.165) is 12.2 Å². The van der Waals surface area contributed by atoms with Crippen molar-refractivity contribution in [3.05, 3.63) is 29.8 Å². The standard InChI is InChI=1S/C16H24N2O/c1-12(2)16(8-9-16)11-17-10-15(19)18-14-6-4-13(3)5-7-14/h4-7,12,17H,8-11H2,1-3H3,(H,18,19). The summed E-state index contributed by atoms with van der Waals surface area (Å²) in [6.45, 7) is 7.91. The molecular formula is C16H24N2O. The summed E-state index contributed by atoms with van der Waals surface area (Å²) < 4.78 is 0. The molecule has 0 aromatic heterocycles. The molecule has 0 aliphatic heterocycles. The second kappa shape index (κ2) is 5.74. The van der Waals surface area contributed by atoms with Crippen molar-refractivity contribution in [3.8, 4) is 0 Å². The Morgan fingerprint density at radius 2 is 1.89 bits per heavy atom. The van der Waals surface area contributed by atoms with E-state index in [0.29, 0.717) is 17.9 Å². The fourth-order valence-electron chi connectivity index (χ4n) is 2.39. The van der Waals surface area contributed by atoms with Crippen molar-refractivity contribution < 1.29 is 4.79 Å². The number of benzene rings is 1. The molecule has 2 N–H and O–H groups in total. The van der Waals surface area contributed by atoms with Crippen LogP contribution in [0.5, 0.6) is 0 Å². The molecule has 0 spiro atoms. The molecule has 1 aliphatic rings. The lowest BCUT2D eigenvalue weighted by Gasteiger charge is -2.19. The zero-order chi connectivity index (χ0) is 13.9. The number of rotatable bonds is 6. The predicted molar refractivity (Wildman–Crippen MR) is 79.2 cm³/mol. The fourth-order valence-corrected chi connectivity index (χ4v) is 2.39. The van der Waals surface area contributed by atoms with Crippen LogP contribution in [-0.2, 0) is 4.79 Å². The maximum absolute atomic E-state index is 11.8. The van der Waals surface area contributed by atoms with Gasteiger partial charge in [0.1, 0.15) is 0 Å². The summed E-state index contributed by atoms with van der Waals surface area (Å²) in [7, 11) is 0. The lowest BCUT2D eigenvalue weighted by Crippen LogP contribution is -2.34. The summed E-state index contributed by atoms with van der Waals surface area (Å²) in [5, 5.41) is 6.19. The minimum absolute atomic E-state index is 0.0309. The van der Waals surface area contributed by atoms with E-state index < -0.39 is 0 Å². The Balaban J connectivity index is 1.72. The van der Waals surface area contributed by atoms with E-state index in [2.05, 4.69) is 24.5 Å². The first-order valence-electron chi connectivity index (χ1n) is 7.09. The van der Waals surface area contributed by atoms with Gasteiger partial charge in [0.05, 0.1) is 6.54 Å². The molecule has 0 atom stereocenters. The van der Waals surface area contributed by atoms with Gasteiger partial charge in [-0.2, -0.15) is 0 Å². The van der Waals surface area contributed by atoms with Crippen LogP contribution in [0.2, 0.25) is 0 Å².